The Morgan fingerprint density at radius 3 is 2.48 bits per heavy atom. The van der Waals surface area contributed by atoms with Crippen molar-refractivity contribution in [3.8, 4) is 11.1 Å². The maximum Gasteiger partial charge on any atom is 0.271 e. The molecule has 2 heterocycles. The molecule has 1 N–H and O–H groups in total. The van der Waals surface area contributed by atoms with Gasteiger partial charge in [0.2, 0.25) is 0 Å². The number of benzene rings is 1. The third kappa shape index (κ3) is 3.14. The van der Waals surface area contributed by atoms with Crippen molar-refractivity contribution in [1.82, 2.24) is 14.8 Å². The van der Waals surface area contributed by atoms with Gasteiger partial charge in [-0.05, 0) is 37.1 Å². The van der Waals surface area contributed by atoms with Gasteiger partial charge in [-0.15, -0.1) is 0 Å². The summed E-state index contributed by atoms with van der Waals surface area (Å²) >= 11 is 6.01. The quantitative estimate of drug-likeness (QED) is 0.938. The molecule has 1 amide bonds. The van der Waals surface area contributed by atoms with Crippen molar-refractivity contribution in [2.75, 3.05) is 26.2 Å². The minimum absolute atomic E-state index is 0.117. The highest BCUT2D eigenvalue weighted by molar-refractivity contribution is 6.30. The van der Waals surface area contributed by atoms with E-state index in [0.29, 0.717) is 5.02 Å². The molecule has 4 nitrogen and oxygen atoms in total. The van der Waals surface area contributed by atoms with E-state index in [1.54, 1.807) is 0 Å². The summed E-state index contributed by atoms with van der Waals surface area (Å²) in [5.41, 5.74) is 3.96. The van der Waals surface area contributed by atoms with E-state index in [4.69, 9.17) is 11.6 Å². The highest BCUT2D eigenvalue weighted by Gasteiger charge is 2.26. The number of aryl methyl sites for hydroxylation is 2. The first kappa shape index (κ1) is 16.1. The molecule has 1 aromatic heterocycles. The van der Waals surface area contributed by atoms with Gasteiger partial charge in [-0.3, -0.25) is 4.79 Å². The number of piperazine rings is 1. The number of carbonyl (C=O) groups is 1. The van der Waals surface area contributed by atoms with Crippen molar-refractivity contribution < 1.29 is 4.79 Å². The molecule has 23 heavy (non-hydrogen) atoms. The second-order valence-electron chi connectivity index (χ2n) is 5.87. The molecular formula is C18H22ClN3O. The van der Waals surface area contributed by atoms with Crippen molar-refractivity contribution in [3.05, 3.63) is 46.7 Å². The summed E-state index contributed by atoms with van der Waals surface area (Å²) in [4.78, 5) is 15.0. The number of hydrogen-bond acceptors (Lipinski definition) is 2. The van der Waals surface area contributed by atoms with Gasteiger partial charge in [0.05, 0.1) is 0 Å². The van der Waals surface area contributed by atoms with Gasteiger partial charge in [-0.25, -0.2) is 0 Å². The second-order valence-corrected chi connectivity index (χ2v) is 6.31. The molecule has 1 aromatic carbocycles. The molecule has 1 aliphatic rings. The summed E-state index contributed by atoms with van der Waals surface area (Å²) in [6.07, 6.45) is 2.07. The van der Waals surface area contributed by atoms with Gasteiger partial charge < -0.3 is 14.8 Å². The topological polar surface area (TPSA) is 37.3 Å². The Kier molecular flexibility index (Phi) is 4.74. The lowest BCUT2D eigenvalue weighted by Gasteiger charge is -2.28. The van der Waals surface area contributed by atoms with Crippen LogP contribution in [0.1, 0.15) is 23.0 Å². The normalized spacial score (nSPS) is 15.0. The molecule has 1 aliphatic heterocycles. The highest BCUT2D eigenvalue weighted by Crippen LogP contribution is 2.31. The fourth-order valence-electron chi connectivity index (χ4n) is 3.17. The van der Waals surface area contributed by atoms with Crippen molar-refractivity contribution in [3.63, 3.8) is 0 Å². The van der Waals surface area contributed by atoms with Gasteiger partial charge in [0.15, 0.2) is 0 Å². The minimum Gasteiger partial charge on any atom is -0.343 e. The standard InChI is InChI=1S/C18H22ClN3O/c1-3-21-12-13(2)16(14-4-6-15(19)7-5-14)17(21)18(23)22-10-8-20-9-11-22/h4-7,12,20H,3,8-11H2,1-2H3. The zero-order chi connectivity index (χ0) is 16.4. The number of amides is 1. The van der Waals surface area contributed by atoms with Gasteiger partial charge in [0.1, 0.15) is 5.69 Å². The Morgan fingerprint density at radius 2 is 1.87 bits per heavy atom. The number of carbonyl (C=O) groups excluding carboxylic acids is 1. The SMILES string of the molecule is CCn1cc(C)c(-c2ccc(Cl)cc2)c1C(=O)N1CCNCC1. The van der Waals surface area contributed by atoms with Gasteiger partial charge in [-0.1, -0.05) is 23.7 Å². The molecule has 1 fully saturated rings. The van der Waals surface area contributed by atoms with Crippen LogP contribution in [0.5, 0.6) is 0 Å². The summed E-state index contributed by atoms with van der Waals surface area (Å²) < 4.78 is 2.06. The lowest BCUT2D eigenvalue weighted by atomic mass is 10.0. The van der Waals surface area contributed by atoms with Crippen molar-refractivity contribution in [2.45, 2.75) is 20.4 Å². The second kappa shape index (κ2) is 6.77. The molecule has 1 saturated heterocycles. The number of nitrogens with zero attached hydrogens (tertiary/aromatic N) is 2. The zero-order valence-corrected chi connectivity index (χ0v) is 14.4. The van der Waals surface area contributed by atoms with Crippen molar-refractivity contribution >= 4 is 17.5 Å². The van der Waals surface area contributed by atoms with Gasteiger partial charge in [0.25, 0.3) is 5.91 Å². The van der Waals surface area contributed by atoms with Crippen molar-refractivity contribution in [2.24, 2.45) is 0 Å². The lowest BCUT2D eigenvalue weighted by Crippen LogP contribution is -2.47. The Labute approximate surface area is 142 Å². The molecule has 0 bridgehead atoms. The van der Waals surface area contributed by atoms with Crippen LogP contribution in [0.25, 0.3) is 11.1 Å². The van der Waals surface area contributed by atoms with Crippen LogP contribution in [0.3, 0.4) is 0 Å². The first-order valence-corrected chi connectivity index (χ1v) is 8.45. The van der Waals surface area contributed by atoms with E-state index in [1.807, 2.05) is 29.2 Å². The molecule has 0 atom stereocenters. The third-order valence-electron chi connectivity index (χ3n) is 4.35. The fourth-order valence-corrected chi connectivity index (χ4v) is 3.30. The van der Waals surface area contributed by atoms with E-state index < -0.39 is 0 Å². The molecule has 0 saturated carbocycles. The van der Waals surface area contributed by atoms with E-state index in [-0.39, 0.29) is 5.91 Å². The van der Waals surface area contributed by atoms with Crippen LogP contribution in [0.4, 0.5) is 0 Å². The van der Waals surface area contributed by atoms with Crippen LogP contribution in [0, 0.1) is 6.92 Å². The highest BCUT2D eigenvalue weighted by atomic mass is 35.5. The van der Waals surface area contributed by atoms with E-state index in [2.05, 4.69) is 29.9 Å². The molecule has 0 spiro atoms. The smallest absolute Gasteiger partial charge is 0.271 e. The average Bonchev–Trinajstić information content (AvgIpc) is 2.92. The number of hydrogen-bond donors (Lipinski definition) is 1. The molecule has 2 aromatic rings. The summed E-state index contributed by atoms with van der Waals surface area (Å²) in [5, 5.41) is 4.00. The molecule has 0 unspecified atom stereocenters. The van der Waals surface area contributed by atoms with Crippen LogP contribution in [-0.4, -0.2) is 41.6 Å². The lowest BCUT2D eigenvalue weighted by molar-refractivity contribution is 0.0726. The van der Waals surface area contributed by atoms with Gasteiger partial charge in [-0.2, -0.15) is 0 Å². The maximum atomic E-state index is 13.1. The molecule has 5 heteroatoms. The van der Waals surface area contributed by atoms with Crippen LogP contribution in [-0.2, 0) is 6.54 Å². The van der Waals surface area contributed by atoms with Crippen molar-refractivity contribution in [1.29, 1.82) is 0 Å². The molecule has 0 radical (unpaired) electrons. The largest absolute Gasteiger partial charge is 0.343 e. The Hall–Kier alpha value is -1.78. The predicted molar refractivity (Wildman–Crippen MR) is 94.1 cm³/mol. The van der Waals surface area contributed by atoms with Crippen LogP contribution >= 0.6 is 11.6 Å². The maximum absolute atomic E-state index is 13.1. The summed E-state index contributed by atoms with van der Waals surface area (Å²) in [7, 11) is 0. The van der Waals surface area contributed by atoms with Gasteiger partial charge in [0, 0.05) is 49.5 Å². The van der Waals surface area contributed by atoms with Crippen LogP contribution < -0.4 is 5.32 Å². The zero-order valence-electron chi connectivity index (χ0n) is 13.6. The Morgan fingerprint density at radius 1 is 1.22 bits per heavy atom. The number of aromatic nitrogens is 1. The fraction of sp³-hybridized carbons (Fsp3) is 0.389. The van der Waals surface area contributed by atoms with E-state index >= 15 is 0 Å². The number of nitrogens with one attached hydrogen (secondary N) is 1. The monoisotopic (exact) mass is 331 g/mol. The molecular weight excluding hydrogens is 310 g/mol. The molecule has 122 valence electrons. The first-order chi connectivity index (χ1) is 11.1. The Balaban J connectivity index is 2.07. The predicted octanol–water partition coefficient (Wildman–Crippen LogP) is 3.18. The third-order valence-corrected chi connectivity index (χ3v) is 4.60. The summed E-state index contributed by atoms with van der Waals surface area (Å²) in [6, 6.07) is 7.72. The number of halogens is 1. The Bertz CT molecular complexity index is 700. The van der Waals surface area contributed by atoms with E-state index in [1.165, 1.54) is 0 Å². The van der Waals surface area contributed by atoms with E-state index in [9.17, 15) is 4.79 Å². The van der Waals surface area contributed by atoms with E-state index in [0.717, 1.165) is 55.1 Å². The van der Waals surface area contributed by atoms with Gasteiger partial charge >= 0.3 is 0 Å². The summed E-state index contributed by atoms with van der Waals surface area (Å²) in [5.74, 6) is 0.117. The minimum atomic E-state index is 0.117. The average molecular weight is 332 g/mol. The molecule has 0 aliphatic carbocycles. The number of rotatable bonds is 3. The van der Waals surface area contributed by atoms with Crippen LogP contribution in [0.15, 0.2) is 30.5 Å². The molecule has 3 rings (SSSR count). The first-order valence-electron chi connectivity index (χ1n) is 8.07. The van der Waals surface area contributed by atoms with Crippen LogP contribution in [0.2, 0.25) is 5.02 Å². The summed E-state index contributed by atoms with van der Waals surface area (Å²) in [6.45, 7) is 8.13.